The van der Waals surface area contributed by atoms with Crippen molar-refractivity contribution < 1.29 is 19.2 Å². The smallest absolute Gasteiger partial charge is 0.330 e. The molecule has 0 radical (unpaired) electrons. The summed E-state index contributed by atoms with van der Waals surface area (Å²) in [6.45, 7) is 7.37. The average Bonchev–Trinajstić information content (AvgIpc) is 2.03. The lowest BCUT2D eigenvalue weighted by atomic mass is 10.6. The van der Waals surface area contributed by atoms with Gasteiger partial charge in [0.2, 0.25) is 0 Å². The maximum Gasteiger partial charge on any atom is 0.330 e. The molecule has 0 aromatic carbocycles. The fourth-order valence-corrected chi connectivity index (χ4v) is 0.479. The maximum atomic E-state index is 10.5. The van der Waals surface area contributed by atoms with E-state index in [1.807, 2.05) is 13.8 Å². The molecule has 0 N–H and O–H groups in total. The highest BCUT2D eigenvalue weighted by molar-refractivity contribution is 5.92. The first-order valence-electron chi connectivity index (χ1n) is 3.95. The lowest BCUT2D eigenvalue weighted by Gasteiger charge is -2.13. The van der Waals surface area contributed by atoms with Crippen molar-refractivity contribution in [2.75, 3.05) is 0 Å². The van der Waals surface area contributed by atoms with Crippen LogP contribution >= 0.6 is 0 Å². The van der Waals surface area contributed by atoms with Gasteiger partial charge in [0.15, 0.2) is 0 Å². The van der Waals surface area contributed by atoms with E-state index in [4.69, 9.17) is 0 Å². The number of nitrogens with zero attached hydrogens (tertiary/aromatic N) is 1. The highest BCUT2D eigenvalue weighted by Gasteiger charge is 2.16. The summed E-state index contributed by atoms with van der Waals surface area (Å²) >= 11 is 0. The highest BCUT2D eigenvalue weighted by Crippen LogP contribution is 1.92. The van der Waals surface area contributed by atoms with Crippen LogP contribution in [0.25, 0.3) is 0 Å². The first-order valence-corrected chi connectivity index (χ1v) is 3.95. The van der Waals surface area contributed by atoms with Crippen LogP contribution in [0.15, 0.2) is 0 Å². The Morgan fingerprint density at radius 2 is 1.23 bits per heavy atom. The average molecular weight is 189 g/mol. The Balaban J connectivity index is 0. The van der Waals surface area contributed by atoms with Gasteiger partial charge >= 0.3 is 5.97 Å². The summed E-state index contributed by atoms with van der Waals surface area (Å²) in [5.41, 5.74) is 0. The molecule has 5 nitrogen and oxygen atoms in total. The lowest BCUT2D eigenvalue weighted by Crippen LogP contribution is -2.34. The molecule has 0 aromatic rings. The topological polar surface area (TPSA) is 63.7 Å². The summed E-state index contributed by atoms with van der Waals surface area (Å²) in [6, 6.07) is 0. The van der Waals surface area contributed by atoms with Crippen LogP contribution in [0, 0.1) is 0 Å². The number of carbonyl (C=O) groups is 3. The van der Waals surface area contributed by atoms with Crippen molar-refractivity contribution >= 4 is 17.8 Å². The van der Waals surface area contributed by atoms with Gasteiger partial charge in [-0.05, 0) is 0 Å². The number of hydroxylamine groups is 2. The molecule has 0 rings (SSSR count). The minimum Gasteiger partial charge on any atom is -0.331 e. The molecule has 0 spiro atoms. The molecule has 0 aliphatic rings. The molecule has 0 atom stereocenters. The van der Waals surface area contributed by atoms with E-state index in [0.717, 1.165) is 20.8 Å². The quantitative estimate of drug-likeness (QED) is 0.531. The minimum absolute atomic E-state index is 0.405. The number of hydrogen-bond donors (Lipinski definition) is 0. The molecule has 0 aromatic heterocycles. The minimum atomic E-state index is -0.699. The predicted molar refractivity (Wildman–Crippen MR) is 46.3 cm³/mol. The van der Waals surface area contributed by atoms with Crippen LogP contribution in [0.1, 0.15) is 34.6 Å². The van der Waals surface area contributed by atoms with Crippen molar-refractivity contribution in [3.05, 3.63) is 0 Å². The Morgan fingerprint density at radius 1 is 0.923 bits per heavy atom. The number of rotatable bonds is 0. The van der Waals surface area contributed by atoms with Gasteiger partial charge in [-0.3, -0.25) is 9.59 Å². The van der Waals surface area contributed by atoms with Gasteiger partial charge in [-0.1, -0.05) is 13.8 Å². The first kappa shape index (κ1) is 14.2. The zero-order valence-corrected chi connectivity index (χ0v) is 8.58. The second-order valence-electron chi connectivity index (χ2n) is 1.92. The molecule has 76 valence electrons. The SMILES string of the molecule is CC.CC(=O)ON(C(C)=O)C(C)=O. The van der Waals surface area contributed by atoms with Crippen LogP contribution in [0.2, 0.25) is 0 Å². The Morgan fingerprint density at radius 3 is 1.31 bits per heavy atom. The van der Waals surface area contributed by atoms with Crippen molar-refractivity contribution in [1.29, 1.82) is 0 Å². The van der Waals surface area contributed by atoms with E-state index < -0.39 is 17.8 Å². The van der Waals surface area contributed by atoms with E-state index in [1.54, 1.807) is 0 Å². The van der Waals surface area contributed by atoms with Gasteiger partial charge in [0, 0.05) is 20.8 Å². The van der Waals surface area contributed by atoms with Gasteiger partial charge in [-0.2, -0.15) is 0 Å². The summed E-state index contributed by atoms with van der Waals surface area (Å²) in [4.78, 5) is 35.7. The van der Waals surface area contributed by atoms with Crippen molar-refractivity contribution in [2.24, 2.45) is 0 Å². The third-order valence-corrected chi connectivity index (χ3v) is 0.792. The second kappa shape index (κ2) is 7.27. The van der Waals surface area contributed by atoms with E-state index in [-0.39, 0.29) is 0 Å². The molecule has 0 saturated heterocycles. The van der Waals surface area contributed by atoms with E-state index in [0.29, 0.717) is 5.06 Å². The normalized spacial score (nSPS) is 7.77. The zero-order valence-electron chi connectivity index (χ0n) is 8.58. The molecule has 0 aliphatic heterocycles. The Hall–Kier alpha value is -1.39. The van der Waals surface area contributed by atoms with E-state index in [1.165, 1.54) is 0 Å². The first-order chi connectivity index (χ1) is 5.95. The van der Waals surface area contributed by atoms with E-state index >= 15 is 0 Å². The fourth-order valence-electron chi connectivity index (χ4n) is 0.479. The molecule has 13 heavy (non-hydrogen) atoms. The molecule has 2 amide bonds. The fraction of sp³-hybridized carbons (Fsp3) is 0.625. The predicted octanol–water partition coefficient (Wildman–Crippen LogP) is 0.886. The van der Waals surface area contributed by atoms with Gasteiger partial charge in [-0.25, -0.2) is 4.79 Å². The molecule has 0 bridgehead atoms. The van der Waals surface area contributed by atoms with Crippen molar-refractivity contribution in [1.82, 2.24) is 5.06 Å². The van der Waals surface area contributed by atoms with Gasteiger partial charge in [-0.15, -0.1) is 5.06 Å². The summed E-state index contributed by atoms with van der Waals surface area (Å²) in [7, 11) is 0. The third-order valence-electron chi connectivity index (χ3n) is 0.792. The molecule has 0 aliphatic carbocycles. The van der Waals surface area contributed by atoms with E-state index in [2.05, 4.69) is 4.84 Å². The Kier molecular flexibility index (Phi) is 7.91. The summed E-state index contributed by atoms with van der Waals surface area (Å²) < 4.78 is 0. The van der Waals surface area contributed by atoms with Crippen molar-refractivity contribution in [3.63, 3.8) is 0 Å². The van der Waals surface area contributed by atoms with Gasteiger partial charge in [0.05, 0.1) is 0 Å². The lowest BCUT2D eigenvalue weighted by molar-refractivity contribution is -0.199. The second-order valence-corrected chi connectivity index (χ2v) is 1.92. The highest BCUT2D eigenvalue weighted by atomic mass is 16.7. The van der Waals surface area contributed by atoms with Crippen molar-refractivity contribution in [2.45, 2.75) is 34.6 Å². The number of imide groups is 1. The molecular formula is C8H15NO4. The van der Waals surface area contributed by atoms with Crippen LogP contribution in [-0.2, 0) is 19.2 Å². The maximum absolute atomic E-state index is 10.5. The Labute approximate surface area is 77.6 Å². The van der Waals surface area contributed by atoms with Gasteiger partial charge in [0.1, 0.15) is 0 Å². The molecule has 0 fully saturated rings. The number of amides is 2. The van der Waals surface area contributed by atoms with Crippen LogP contribution in [0.3, 0.4) is 0 Å². The van der Waals surface area contributed by atoms with Crippen LogP contribution < -0.4 is 0 Å². The Bertz CT molecular complexity index is 186. The standard InChI is InChI=1S/C6H9NO4.C2H6/c1-4(8)7(5(2)9)11-6(3)10;1-2/h1-3H3;1-2H3. The van der Waals surface area contributed by atoms with Crippen LogP contribution in [0.5, 0.6) is 0 Å². The molecule has 0 saturated carbocycles. The molecule has 0 heterocycles. The number of hydrogen-bond acceptors (Lipinski definition) is 4. The third kappa shape index (κ3) is 6.99. The number of carbonyl (C=O) groups excluding carboxylic acids is 3. The largest absolute Gasteiger partial charge is 0.331 e. The molecular weight excluding hydrogens is 174 g/mol. The van der Waals surface area contributed by atoms with Crippen LogP contribution in [0.4, 0.5) is 0 Å². The van der Waals surface area contributed by atoms with Gasteiger partial charge in [0.25, 0.3) is 11.8 Å². The van der Waals surface area contributed by atoms with Gasteiger partial charge < -0.3 is 4.84 Å². The summed E-state index contributed by atoms with van der Waals surface area (Å²) in [5, 5.41) is 0.405. The monoisotopic (exact) mass is 189 g/mol. The molecule has 5 heteroatoms. The van der Waals surface area contributed by atoms with Crippen molar-refractivity contribution in [3.8, 4) is 0 Å². The van der Waals surface area contributed by atoms with E-state index in [9.17, 15) is 14.4 Å². The summed E-state index contributed by atoms with van der Waals surface area (Å²) in [5.74, 6) is -1.93. The summed E-state index contributed by atoms with van der Waals surface area (Å²) in [6.07, 6.45) is 0. The zero-order chi connectivity index (χ0) is 11.0. The molecule has 0 unspecified atom stereocenters. The van der Waals surface area contributed by atoms with Crippen LogP contribution in [-0.4, -0.2) is 22.8 Å².